The largest absolute Gasteiger partial charge is 0.469 e. The van der Waals surface area contributed by atoms with Crippen molar-refractivity contribution < 1.29 is 23.4 Å². The molecule has 1 saturated heterocycles. The molecular formula is C29H28ClFN6O4. The standard InChI is InChI=1S/C29H28ClFN6O4/c1-39-29(38)24-9-8-23-27(35-24)37(15-21-10-11-40-21)25(34-23)12-17-2-4-18(5-3-17)26-33-14-22(31)28(36-26)41-16-20-7-6-19(30)13-32-20/h4,6-9,13-14,17,21H,2-3,5,10-12,15-16H2,1H3/t17?,21-/m0/s1. The lowest BCUT2D eigenvalue weighted by Gasteiger charge is -2.28. The van der Waals surface area contributed by atoms with Crippen molar-refractivity contribution in [2.24, 2.45) is 5.92 Å². The van der Waals surface area contributed by atoms with Gasteiger partial charge in [-0.1, -0.05) is 17.7 Å². The molecule has 6 rings (SSSR count). The maximum absolute atomic E-state index is 14.4. The van der Waals surface area contributed by atoms with Gasteiger partial charge in [-0.05, 0) is 61.4 Å². The summed E-state index contributed by atoms with van der Waals surface area (Å²) >= 11 is 5.87. The maximum Gasteiger partial charge on any atom is 0.356 e. The average molecular weight is 579 g/mol. The van der Waals surface area contributed by atoms with Gasteiger partial charge in [0.2, 0.25) is 5.82 Å². The fourth-order valence-corrected chi connectivity index (χ4v) is 5.14. The van der Waals surface area contributed by atoms with Crippen molar-refractivity contribution in [1.29, 1.82) is 0 Å². The van der Waals surface area contributed by atoms with Crippen LogP contribution in [0.25, 0.3) is 16.7 Å². The number of hydrogen-bond acceptors (Lipinski definition) is 9. The molecule has 1 unspecified atom stereocenters. The molecule has 212 valence electrons. The second-order valence-corrected chi connectivity index (χ2v) is 10.6. The predicted octanol–water partition coefficient (Wildman–Crippen LogP) is 4.99. The minimum atomic E-state index is -0.629. The van der Waals surface area contributed by atoms with Crippen LogP contribution in [-0.4, -0.2) is 55.3 Å². The first-order valence-electron chi connectivity index (χ1n) is 13.5. The van der Waals surface area contributed by atoms with Crippen LogP contribution in [0.1, 0.15) is 53.5 Å². The molecule has 4 aromatic heterocycles. The molecule has 5 heterocycles. The smallest absolute Gasteiger partial charge is 0.356 e. The van der Waals surface area contributed by atoms with E-state index in [-0.39, 0.29) is 24.3 Å². The Labute approximate surface area is 240 Å². The van der Waals surface area contributed by atoms with Crippen LogP contribution in [0, 0.1) is 11.7 Å². The predicted molar refractivity (Wildman–Crippen MR) is 148 cm³/mol. The minimum absolute atomic E-state index is 0.0640. The number of esters is 1. The van der Waals surface area contributed by atoms with Crippen LogP contribution in [0.3, 0.4) is 0 Å². The van der Waals surface area contributed by atoms with E-state index in [0.717, 1.165) is 61.8 Å². The van der Waals surface area contributed by atoms with E-state index >= 15 is 0 Å². The molecule has 4 aromatic rings. The highest BCUT2D eigenvalue weighted by molar-refractivity contribution is 6.30. The number of carbonyl (C=O) groups is 1. The Kier molecular flexibility index (Phi) is 7.89. The van der Waals surface area contributed by atoms with Crippen molar-refractivity contribution >= 4 is 34.3 Å². The third kappa shape index (κ3) is 6.06. The first kappa shape index (κ1) is 27.2. The fraction of sp³-hybridized carbons (Fsp3) is 0.379. The molecule has 0 N–H and O–H groups in total. The van der Waals surface area contributed by atoms with Gasteiger partial charge < -0.3 is 18.8 Å². The van der Waals surface area contributed by atoms with E-state index < -0.39 is 11.8 Å². The topological polar surface area (TPSA) is 114 Å². The Hall–Kier alpha value is -3.96. The van der Waals surface area contributed by atoms with Crippen LogP contribution in [0.5, 0.6) is 5.88 Å². The highest BCUT2D eigenvalue weighted by atomic mass is 35.5. The van der Waals surface area contributed by atoms with Crippen molar-refractivity contribution in [3.05, 3.63) is 76.6 Å². The third-order valence-electron chi connectivity index (χ3n) is 7.38. The molecule has 0 saturated carbocycles. The highest BCUT2D eigenvalue weighted by Crippen LogP contribution is 2.32. The first-order valence-corrected chi connectivity index (χ1v) is 13.9. The van der Waals surface area contributed by atoms with Crippen LogP contribution in [0.15, 0.2) is 42.7 Å². The molecule has 2 aliphatic rings. The lowest BCUT2D eigenvalue weighted by molar-refractivity contribution is -0.0591. The summed E-state index contributed by atoms with van der Waals surface area (Å²) in [5.74, 6) is 0.484. The van der Waals surface area contributed by atoms with E-state index in [1.807, 2.05) is 6.07 Å². The van der Waals surface area contributed by atoms with E-state index in [2.05, 4.69) is 30.6 Å². The monoisotopic (exact) mass is 578 g/mol. The van der Waals surface area contributed by atoms with E-state index in [9.17, 15) is 9.18 Å². The molecule has 0 radical (unpaired) electrons. The number of pyridine rings is 2. The number of imidazole rings is 1. The number of rotatable bonds is 9. The number of aromatic nitrogens is 6. The number of methoxy groups -OCH3 is 1. The van der Waals surface area contributed by atoms with E-state index in [1.54, 1.807) is 18.2 Å². The van der Waals surface area contributed by atoms with Crippen molar-refractivity contribution in [2.75, 3.05) is 13.7 Å². The molecule has 1 aliphatic carbocycles. The van der Waals surface area contributed by atoms with Crippen LogP contribution in [-0.2, 0) is 29.0 Å². The Morgan fingerprint density at radius 2 is 2.02 bits per heavy atom. The molecule has 10 nitrogen and oxygen atoms in total. The van der Waals surface area contributed by atoms with Crippen molar-refractivity contribution in [3.8, 4) is 5.88 Å². The number of allylic oxidation sites excluding steroid dienone is 2. The summed E-state index contributed by atoms with van der Waals surface area (Å²) in [5, 5.41) is 0.515. The molecule has 0 aromatic carbocycles. The Morgan fingerprint density at radius 1 is 1.15 bits per heavy atom. The van der Waals surface area contributed by atoms with E-state index in [0.29, 0.717) is 34.7 Å². The average Bonchev–Trinajstić information content (AvgIpc) is 3.31. The van der Waals surface area contributed by atoms with Gasteiger partial charge in [-0.15, -0.1) is 0 Å². The van der Waals surface area contributed by atoms with Gasteiger partial charge >= 0.3 is 5.97 Å². The molecule has 1 aliphatic heterocycles. The first-order chi connectivity index (χ1) is 20.0. The SMILES string of the molecule is COC(=O)c1ccc2nc(CC3CC=C(c4ncc(F)c(OCc5ccc(Cl)cn5)n4)CC3)n(C[C@@H]3CCO3)c2n1. The van der Waals surface area contributed by atoms with Gasteiger partial charge in [0.15, 0.2) is 17.2 Å². The number of carbonyl (C=O) groups excluding carboxylic acids is 1. The molecule has 12 heteroatoms. The van der Waals surface area contributed by atoms with Crippen LogP contribution in [0.4, 0.5) is 4.39 Å². The summed E-state index contributed by atoms with van der Waals surface area (Å²) in [7, 11) is 1.34. The van der Waals surface area contributed by atoms with Gasteiger partial charge in [0, 0.05) is 19.2 Å². The zero-order chi connectivity index (χ0) is 28.3. The van der Waals surface area contributed by atoms with E-state index in [1.165, 1.54) is 13.3 Å². The van der Waals surface area contributed by atoms with Gasteiger partial charge in [0.1, 0.15) is 17.9 Å². The van der Waals surface area contributed by atoms with Crippen LogP contribution >= 0.6 is 11.6 Å². The number of nitrogens with zero attached hydrogens (tertiary/aromatic N) is 6. The number of hydrogen-bond donors (Lipinski definition) is 0. The summed E-state index contributed by atoms with van der Waals surface area (Å²) in [6.45, 7) is 1.45. The zero-order valence-corrected chi connectivity index (χ0v) is 23.2. The van der Waals surface area contributed by atoms with Crippen LogP contribution < -0.4 is 4.74 Å². The van der Waals surface area contributed by atoms with Crippen molar-refractivity contribution in [3.63, 3.8) is 0 Å². The van der Waals surface area contributed by atoms with Gasteiger partial charge in [0.05, 0.1) is 36.7 Å². The van der Waals surface area contributed by atoms with Crippen LogP contribution in [0.2, 0.25) is 5.02 Å². The lowest BCUT2D eigenvalue weighted by atomic mass is 9.87. The fourth-order valence-electron chi connectivity index (χ4n) is 5.02. The summed E-state index contributed by atoms with van der Waals surface area (Å²) in [6.07, 6.45) is 9.02. The summed E-state index contributed by atoms with van der Waals surface area (Å²) in [5.41, 5.74) is 3.21. The molecule has 0 amide bonds. The molecular weight excluding hydrogens is 551 g/mol. The Morgan fingerprint density at radius 3 is 2.73 bits per heavy atom. The van der Waals surface area contributed by atoms with Gasteiger partial charge in [-0.3, -0.25) is 4.98 Å². The quantitative estimate of drug-likeness (QED) is 0.253. The minimum Gasteiger partial charge on any atom is -0.469 e. The molecule has 41 heavy (non-hydrogen) atoms. The molecule has 0 spiro atoms. The number of fused-ring (bicyclic) bond motifs is 1. The Bertz CT molecular complexity index is 1610. The summed E-state index contributed by atoms with van der Waals surface area (Å²) in [6, 6.07) is 6.86. The van der Waals surface area contributed by atoms with Gasteiger partial charge in [-0.2, -0.15) is 9.37 Å². The summed E-state index contributed by atoms with van der Waals surface area (Å²) in [4.78, 5) is 34.3. The Balaban J connectivity index is 1.17. The molecule has 1 fully saturated rings. The van der Waals surface area contributed by atoms with Gasteiger partial charge in [-0.25, -0.2) is 19.7 Å². The third-order valence-corrected chi connectivity index (χ3v) is 7.60. The lowest BCUT2D eigenvalue weighted by Crippen LogP contribution is -2.32. The number of halogens is 2. The molecule has 2 atom stereocenters. The van der Waals surface area contributed by atoms with Crippen molar-refractivity contribution in [2.45, 2.75) is 51.4 Å². The highest BCUT2D eigenvalue weighted by Gasteiger charge is 2.26. The zero-order valence-electron chi connectivity index (χ0n) is 22.4. The number of ether oxygens (including phenoxy) is 3. The second-order valence-electron chi connectivity index (χ2n) is 10.1. The summed E-state index contributed by atoms with van der Waals surface area (Å²) < 4.78 is 32.6. The van der Waals surface area contributed by atoms with Crippen molar-refractivity contribution in [1.82, 2.24) is 29.5 Å². The second kappa shape index (κ2) is 11.9. The maximum atomic E-state index is 14.4. The molecule has 0 bridgehead atoms. The van der Waals surface area contributed by atoms with E-state index in [4.69, 9.17) is 30.8 Å². The van der Waals surface area contributed by atoms with Gasteiger partial charge in [0.25, 0.3) is 5.88 Å². The normalized spacial score (nSPS) is 18.6.